The molecule has 216 valence electrons. The van der Waals surface area contributed by atoms with Crippen molar-refractivity contribution in [1.29, 1.82) is 0 Å². The molecule has 5 rings (SSSR count). The first-order valence-electron chi connectivity index (χ1n) is 13.2. The molecule has 2 saturated heterocycles. The molecular weight excluding hydrogens is 548 g/mol. The number of anilines is 1. The zero-order valence-electron chi connectivity index (χ0n) is 22.9. The number of likely N-dealkylation sites (N-methyl/N-ethyl adjacent to an activating group) is 1. The fraction of sp³-hybridized carbons (Fsp3) is 0.345. The molecule has 0 aromatic heterocycles. The van der Waals surface area contributed by atoms with Crippen LogP contribution in [0.1, 0.15) is 11.1 Å². The van der Waals surface area contributed by atoms with Gasteiger partial charge in [0.25, 0.3) is 17.6 Å². The number of carbonyl (C=O) groups excluding carboxylic acids is 3. The van der Waals surface area contributed by atoms with E-state index in [1.807, 2.05) is 19.0 Å². The SMILES string of the molecule is C=CCN1C(=O)C2(/C(=C(/O)c3ccc(S(=O)(=O)N4CCOCC4)cc3)C(=O)C(=O)N2CCN(C)C)c2ccccc21. The molecule has 11 nitrogen and oxygen atoms in total. The van der Waals surface area contributed by atoms with Crippen LogP contribution in [0.3, 0.4) is 0 Å². The van der Waals surface area contributed by atoms with E-state index in [1.54, 1.807) is 30.3 Å². The lowest BCUT2D eigenvalue weighted by atomic mass is 9.82. The molecule has 3 aliphatic heterocycles. The summed E-state index contributed by atoms with van der Waals surface area (Å²) in [5, 5.41) is 11.6. The number of aliphatic hydroxyl groups excluding tert-OH is 1. The first-order chi connectivity index (χ1) is 19.6. The molecule has 12 heteroatoms. The number of likely N-dealkylation sites (tertiary alicyclic amines) is 1. The van der Waals surface area contributed by atoms with Crippen LogP contribution in [0.5, 0.6) is 0 Å². The summed E-state index contributed by atoms with van der Waals surface area (Å²) < 4.78 is 32.8. The summed E-state index contributed by atoms with van der Waals surface area (Å²) in [7, 11) is -0.181. The average molecular weight is 581 g/mol. The Bertz CT molecular complexity index is 1540. The number of aliphatic hydroxyl groups is 1. The van der Waals surface area contributed by atoms with Crippen molar-refractivity contribution in [3.05, 3.63) is 77.9 Å². The van der Waals surface area contributed by atoms with E-state index in [9.17, 15) is 27.9 Å². The van der Waals surface area contributed by atoms with Crippen molar-refractivity contribution in [1.82, 2.24) is 14.1 Å². The van der Waals surface area contributed by atoms with E-state index in [1.165, 1.54) is 38.4 Å². The summed E-state index contributed by atoms with van der Waals surface area (Å²) in [6, 6.07) is 12.3. The third kappa shape index (κ3) is 4.47. The lowest BCUT2D eigenvalue weighted by Crippen LogP contribution is -2.53. The standard InChI is InChI=1S/C29H32N4O7S/c1-4-13-32-23-8-6-5-7-22(23)29(28(32)37)24(26(35)27(36)33(29)15-14-30(2)3)25(34)20-9-11-21(12-10-20)41(38,39)31-16-18-40-19-17-31/h4-12,34H,1,13-19H2,2-3H3/b25-24+. The summed E-state index contributed by atoms with van der Waals surface area (Å²) in [5.41, 5.74) is -1.24. The third-order valence-electron chi connectivity index (χ3n) is 7.63. The van der Waals surface area contributed by atoms with Gasteiger partial charge in [0.15, 0.2) is 5.54 Å². The minimum absolute atomic E-state index is 0.0107. The third-order valence-corrected chi connectivity index (χ3v) is 9.54. The number of hydrogen-bond acceptors (Lipinski definition) is 8. The number of ketones is 1. The molecule has 0 bridgehead atoms. The topological polar surface area (TPSA) is 128 Å². The highest BCUT2D eigenvalue weighted by atomic mass is 32.2. The molecule has 1 atom stereocenters. The van der Waals surface area contributed by atoms with Crippen molar-refractivity contribution in [3.8, 4) is 0 Å². The molecule has 41 heavy (non-hydrogen) atoms. The Balaban J connectivity index is 1.67. The Hall–Kier alpha value is -3.84. The molecular formula is C29H32N4O7S. The first kappa shape index (κ1) is 28.7. The van der Waals surface area contributed by atoms with Crippen molar-refractivity contribution in [3.63, 3.8) is 0 Å². The van der Waals surface area contributed by atoms with Crippen LogP contribution in [0, 0.1) is 0 Å². The second-order valence-electron chi connectivity index (χ2n) is 10.3. The molecule has 0 radical (unpaired) electrons. The fourth-order valence-corrected chi connectivity index (χ4v) is 7.05. The van der Waals surface area contributed by atoms with Gasteiger partial charge in [0, 0.05) is 43.9 Å². The maximum atomic E-state index is 14.3. The maximum absolute atomic E-state index is 14.3. The lowest BCUT2D eigenvalue weighted by molar-refractivity contribution is -0.143. The number of rotatable bonds is 8. The van der Waals surface area contributed by atoms with Crippen molar-refractivity contribution >= 4 is 39.1 Å². The van der Waals surface area contributed by atoms with E-state index in [-0.39, 0.29) is 42.2 Å². The normalized spacial score (nSPS) is 22.7. The molecule has 2 amide bonds. The van der Waals surface area contributed by atoms with Crippen molar-refractivity contribution in [2.75, 3.05) is 64.9 Å². The van der Waals surface area contributed by atoms with E-state index < -0.39 is 38.9 Å². The van der Waals surface area contributed by atoms with Crippen LogP contribution in [0.2, 0.25) is 0 Å². The van der Waals surface area contributed by atoms with Gasteiger partial charge in [0.05, 0.1) is 29.4 Å². The van der Waals surface area contributed by atoms with Gasteiger partial charge in [-0.1, -0.05) is 24.3 Å². The maximum Gasteiger partial charge on any atom is 0.296 e. The van der Waals surface area contributed by atoms with E-state index in [0.29, 0.717) is 31.0 Å². The van der Waals surface area contributed by atoms with E-state index in [0.717, 1.165) is 0 Å². The van der Waals surface area contributed by atoms with E-state index in [4.69, 9.17) is 4.74 Å². The summed E-state index contributed by atoms with van der Waals surface area (Å²) in [6.45, 7) is 5.33. The highest BCUT2D eigenvalue weighted by molar-refractivity contribution is 7.89. The Kier molecular flexibility index (Phi) is 7.60. The number of morpholine rings is 1. The monoisotopic (exact) mass is 580 g/mol. The number of hydrogen-bond donors (Lipinski definition) is 1. The number of para-hydroxylation sites is 1. The highest BCUT2D eigenvalue weighted by Gasteiger charge is 2.66. The molecule has 2 aromatic rings. The molecule has 1 N–H and O–H groups in total. The van der Waals surface area contributed by atoms with Gasteiger partial charge in [-0.25, -0.2) is 8.42 Å². The van der Waals surface area contributed by atoms with Gasteiger partial charge >= 0.3 is 0 Å². The second-order valence-corrected chi connectivity index (χ2v) is 12.2. The molecule has 0 aliphatic carbocycles. The van der Waals surface area contributed by atoms with Crippen LogP contribution in [0.25, 0.3) is 5.76 Å². The number of carbonyl (C=O) groups is 3. The number of fused-ring (bicyclic) bond motifs is 2. The Morgan fingerprint density at radius 1 is 1.07 bits per heavy atom. The molecule has 2 fully saturated rings. The first-order valence-corrected chi connectivity index (χ1v) is 14.7. The minimum atomic E-state index is -3.80. The molecule has 0 saturated carbocycles. The van der Waals surface area contributed by atoms with Gasteiger partial charge in [0.1, 0.15) is 5.76 Å². The Labute approximate surface area is 238 Å². The van der Waals surface area contributed by atoms with Gasteiger partial charge in [-0.05, 0) is 44.4 Å². The number of benzene rings is 2. The van der Waals surface area contributed by atoms with Gasteiger partial charge in [-0.15, -0.1) is 6.58 Å². The molecule has 2 aromatic carbocycles. The number of amides is 2. The predicted octanol–water partition coefficient (Wildman–Crippen LogP) is 1.38. The van der Waals surface area contributed by atoms with Crippen LogP contribution >= 0.6 is 0 Å². The average Bonchev–Trinajstić information content (AvgIpc) is 3.35. The van der Waals surface area contributed by atoms with Crippen LogP contribution in [0.4, 0.5) is 5.69 Å². The van der Waals surface area contributed by atoms with Crippen LogP contribution in [0.15, 0.2) is 71.7 Å². The highest BCUT2D eigenvalue weighted by Crippen LogP contribution is 2.53. The largest absolute Gasteiger partial charge is 0.507 e. The van der Waals surface area contributed by atoms with E-state index in [2.05, 4.69) is 6.58 Å². The van der Waals surface area contributed by atoms with Crippen LogP contribution < -0.4 is 4.90 Å². The lowest BCUT2D eigenvalue weighted by Gasteiger charge is -2.35. The Morgan fingerprint density at radius 3 is 2.37 bits per heavy atom. The van der Waals surface area contributed by atoms with Gasteiger partial charge in [-0.2, -0.15) is 4.31 Å². The van der Waals surface area contributed by atoms with E-state index >= 15 is 0 Å². The molecule has 1 unspecified atom stereocenters. The molecule has 3 heterocycles. The van der Waals surface area contributed by atoms with Crippen molar-refractivity contribution in [2.45, 2.75) is 10.4 Å². The van der Waals surface area contributed by atoms with Gasteiger partial charge < -0.3 is 24.5 Å². The van der Waals surface area contributed by atoms with Crippen molar-refractivity contribution in [2.24, 2.45) is 0 Å². The van der Waals surface area contributed by atoms with Gasteiger partial charge in [0.2, 0.25) is 10.0 Å². The zero-order valence-corrected chi connectivity index (χ0v) is 23.8. The number of sulfonamides is 1. The number of nitrogens with zero attached hydrogens (tertiary/aromatic N) is 4. The smallest absolute Gasteiger partial charge is 0.296 e. The zero-order chi connectivity index (χ0) is 29.5. The molecule has 3 aliphatic rings. The Morgan fingerprint density at radius 2 is 1.73 bits per heavy atom. The second kappa shape index (κ2) is 10.9. The quantitative estimate of drug-likeness (QED) is 0.215. The predicted molar refractivity (Wildman–Crippen MR) is 152 cm³/mol. The summed E-state index contributed by atoms with van der Waals surface area (Å²) in [6.07, 6.45) is 1.55. The summed E-state index contributed by atoms with van der Waals surface area (Å²) in [4.78, 5) is 46.0. The van der Waals surface area contributed by atoms with Crippen LogP contribution in [-0.4, -0.2) is 105 Å². The summed E-state index contributed by atoms with van der Waals surface area (Å²) in [5.74, 6) is -3.00. The van der Waals surface area contributed by atoms with Crippen molar-refractivity contribution < 1.29 is 32.6 Å². The fourth-order valence-electron chi connectivity index (χ4n) is 5.64. The van der Waals surface area contributed by atoms with Gasteiger partial charge in [-0.3, -0.25) is 14.4 Å². The van der Waals surface area contributed by atoms with Crippen LogP contribution in [-0.2, 0) is 34.7 Å². The molecule has 1 spiro atoms. The number of ether oxygens (including phenoxy) is 1. The summed E-state index contributed by atoms with van der Waals surface area (Å²) >= 11 is 0. The number of Topliss-reactive ketones (excluding diaryl/α,β-unsaturated/α-hetero) is 1. The minimum Gasteiger partial charge on any atom is -0.507 e.